The fourth-order valence-electron chi connectivity index (χ4n) is 2.30. The molecule has 0 saturated carbocycles. The zero-order valence-corrected chi connectivity index (χ0v) is 12.9. The van der Waals surface area contributed by atoms with Crippen molar-refractivity contribution in [3.8, 4) is 11.6 Å². The van der Waals surface area contributed by atoms with E-state index in [-0.39, 0.29) is 5.88 Å². The van der Waals surface area contributed by atoms with Gasteiger partial charge in [0.25, 0.3) is 0 Å². The summed E-state index contributed by atoms with van der Waals surface area (Å²) in [6.07, 6.45) is 0.420. The smallest absolute Gasteiger partial charge is 0.333 e. The molecule has 112 valence electrons. The SMILES string of the molecule is O=c1[nH]c(Cc2ccccc2)c(O)n1-c1cc(Cl)cc(Cl)c1. The molecule has 2 aromatic carbocycles. The number of nitrogens with one attached hydrogen (secondary N) is 1. The Bertz CT molecular complexity index is 849. The maximum atomic E-state index is 12.1. The lowest BCUT2D eigenvalue weighted by atomic mass is 10.1. The summed E-state index contributed by atoms with van der Waals surface area (Å²) in [5, 5.41) is 11.1. The number of aromatic amines is 1. The summed E-state index contributed by atoms with van der Waals surface area (Å²) in [6, 6.07) is 14.2. The lowest BCUT2D eigenvalue weighted by molar-refractivity contribution is 0.435. The second kappa shape index (κ2) is 5.91. The van der Waals surface area contributed by atoms with Crippen LogP contribution in [0.2, 0.25) is 10.0 Å². The Morgan fingerprint density at radius 2 is 1.68 bits per heavy atom. The average molecular weight is 335 g/mol. The third kappa shape index (κ3) is 2.89. The first kappa shape index (κ1) is 14.8. The van der Waals surface area contributed by atoms with Crippen LogP contribution in [-0.2, 0) is 6.42 Å². The van der Waals surface area contributed by atoms with Gasteiger partial charge in [-0.2, -0.15) is 0 Å². The molecule has 0 spiro atoms. The van der Waals surface area contributed by atoms with Gasteiger partial charge in [-0.25, -0.2) is 9.36 Å². The van der Waals surface area contributed by atoms with Gasteiger partial charge in [-0.3, -0.25) is 0 Å². The Morgan fingerprint density at radius 3 is 2.32 bits per heavy atom. The molecule has 0 unspecified atom stereocenters. The lowest BCUT2D eigenvalue weighted by Gasteiger charge is -2.05. The van der Waals surface area contributed by atoms with Gasteiger partial charge >= 0.3 is 5.69 Å². The maximum absolute atomic E-state index is 12.1. The highest BCUT2D eigenvalue weighted by molar-refractivity contribution is 6.34. The van der Waals surface area contributed by atoms with E-state index in [4.69, 9.17) is 23.2 Å². The van der Waals surface area contributed by atoms with E-state index in [0.717, 1.165) is 10.1 Å². The monoisotopic (exact) mass is 334 g/mol. The Kier molecular flexibility index (Phi) is 3.96. The predicted octanol–water partition coefficient (Wildman–Crippen LogP) is 3.77. The fraction of sp³-hybridized carbons (Fsp3) is 0.0625. The van der Waals surface area contributed by atoms with Gasteiger partial charge in [-0.05, 0) is 23.8 Å². The van der Waals surface area contributed by atoms with Crippen molar-refractivity contribution in [3.63, 3.8) is 0 Å². The standard InChI is InChI=1S/C16H12Cl2N2O2/c17-11-7-12(18)9-13(8-11)20-15(21)14(19-16(20)22)6-10-4-2-1-3-5-10/h1-5,7-9,21H,6H2,(H,19,22). The van der Waals surface area contributed by atoms with Crippen LogP contribution in [0.5, 0.6) is 5.88 Å². The van der Waals surface area contributed by atoms with Gasteiger partial charge in [0.05, 0.1) is 11.4 Å². The summed E-state index contributed by atoms with van der Waals surface area (Å²) in [5.74, 6) is -0.146. The van der Waals surface area contributed by atoms with E-state index in [0.29, 0.717) is 27.8 Å². The second-order valence-corrected chi connectivity index (χ2v) is 5.73. The molecule has 22 heavy (non-hydrogen) atoms. The number of rotatable bonds is 3. The molecule has 0 fully saturated rings. The molecular formula is C16H12Cl2N2O2. The molecule has 0 aliphatic carbocycles. The number of hydrogen-bond acceptors (Lipinski definition) is 2. The molecule has 1 aromatic heterocycles. The molecule has 0 atom stereocenters. The van der Waals surface area contributed by atoms with E-state index in [1.54, 1.807) is 18.2 Å². The number of nitrogens with zero attached hydrogens (tertiary/aromatic N) is 1. The van der Waals surface area contributed by atoms with E-state index in [9.17, 15) is 9.90 Å². The second-order valence-electron chi connectivity index (χ2n) is 4.86. The van der Waals surface area contributed by atoms with E-state index in [1.165, 1.54) is 0 Å². The van der Waals surface area contributed by atoms with Crippen LogP contribution in [-0.4, -0.2) is 14.7 Å². The van der Waals surface area contributed by atoms with Crippen LogP contribution in [0.25, 0.3) is 5.69 Å². The van der Waals surface area contributed by atoms with Crippen molar-refractivity contribution in [2.75, 3.05) is 0 Å². The van der Waals surface area contributed by atoms with Crippen LogP contribution < -0.4 is 5.69 Å². The Morgan fingerprint density at radius 1 is 1.05 bits per heavy atom. The third-order valence-electron chi connectivity index (χ3n) is 3.27. The van der Waals surface area contributed by atoms with Crippen LogP contribution in [0.4, 0.5) is 0 Å². The van der Waals surface area contributed by atoms with Crippen LogP contribution in [0, 0.1) is 0 Å². The summed E-state index contributed by atoms with van der Waals surface area (Å²) >= 11 is 11.9. The van der Waals surface area contributed by atoms with Crippen molar-refractivity contribution in [2.45, 2.75) is 6.42 Å². The minimum atomic E-state index is -0.443. The molecular weight excluding hydrogens is 323 g/mol. The molecule has 3 rings (SSSR count). The molecule has 1 heterocycles. The van der Waals surface area contributed by atoms with Gasteiger partial charge in [0.2, 0.25) is 5.88 Å². The summed E-state index contributed by atoms with van der Waals surface area (Å²) in [7, 11) is 0. The molecule has 0 aliphatic rings. The number of halogens is 2. The van der Waals surface area contributed by atoms with Crippen LogP contribution in [0.3, 0.4) is 0 Å². The fourth-order valence-corrected chi connectivity index (χ4v) is 2.82. The van der Waals surface area contributed by atoms with Crippen molar-refractivity contribution in [2.24, 2.45) is 0 Å². The van der Waals surface area contributed by atoms with Crippen LogP contribution >= 0.6 is 23.2 Å². The summed E-state index contributed by atoms with van der Waals surface area (Å²) < 4.78 is 1.15. The van der Waals surface area contributed by atoms with Crippen molar-refractivity contribution in [1.29, 1.82) is 0 Å². The van der Waals surface area contributed by atoms with Gasteiger partial charge in [0.1, 0.15) is 0 Å². The van der Waals surface area contributed by atoms with Gasteiger partial charge in [-0.1, -0.05) is 53.5 Å². The Hall–Kier alpha value is -2.17. The predicted molar refractivity (Wildman–Crippen MR) is 87.3 cm³/mol. The first-order valence-electron chi connectivity index (χ1n) is 6.58. The number of hydrogen-bond donors (Lipinski definition) is 2. The molecule has 4 nitrogen and oxygen atoms in total. The molecule has 0 saturated heterocycles. The van der Waals surface area contributed by atoms with Crippen molar-refractivity contribution < 1.29 is 5.11 Å². The summed E-state index contributed by atoms with van der Waals surface area (Å²) in [4.78, 5) is 14.8. The van der Waals surface area contributed by atoms with E-state index < -0.39 is 5.69 Å². The van der Waals surface area contributed by atoms with Crippen LogP contribution in [0.1, 0.15) is 11.3 Å². The molecule has 6 heteroatoms. The number of imidazole rings is 1. The molecule has 3 aromatic rings. The highest BCUT2D eigenvalue weighted by Crippen LogP contribution is 2.25. The normalized spacial score (nSPS) is 10.8. The Labute approximate surface area is 136 Å². The van der Waals surface area contributed by atoms with Crippen molar-refractivity contribution in [1.82, 2.24) is 9.55 Å². The molecule has 2 N–H and O–H groups in total. The zero-order valence-electron chi connectivity index (χ0n) is 11.4. The van der Waals surface area contributed by atoms with Crippen molar-refractivity contribution in [3.05, 3.63) is 80.3 Å². The minimum absolute atomic E-state index is 0.146. The number of H-pyrrole nitrogens is 1. The summed E-state index contributed by atoms with van der Waals surface area (Å²) in [6.45, 7) is 0. The van der Waals surface area contributed by atoms with Gasteiger partial charge in [-0.15, -0.1) is 0 Å². The minimum Gasteiger partial charge on any atom is -0.493 e. The maximum Gasteiger partial charge on any atom is 0.333 e. The molecule has 0 aliphatic heterocycles. The third-order valence-corrected chi connectivity index (χ3v) is 3.71. The molecule has 0 radical (unpaired) electrons. The van der Waals surface area contributed by atoms with Gasteiger partial charge in [0.15, 0.2) is 0 Å². The first-order valence-corrected chi connectivity index (χ1v) is 7.33. The molecule has 0 amide bonds. The molecule has 0 bridgehead atoms. The van der Waals surface area contributed by atoms with E-state index in [2.05, 4.69) is 4.98 Å². The van der Waals surface area contributed by atoms with Gasteiger partial charge in [0, 0.05) is 16.5 Å². The highest BCUT2D eigenvalue weighted by atomic mass is 35.5. The Balaban J connectivity index is 2.05. The topological polar surface area (TPSA) is 58.0 Å². The van der Waals surface area contributed by atoms with E-state index in [1.807, 2.05) is 30.3 Å². The van der Waals surface area contributed by atoms with Crippen LogP contribution in [0.15, 0.2) is 53.3 Å². The first-order chi connectivity index (χ1) is 10.5. The van der Waals surface area contributed by atoms with E-state index >= 15 is 0 Å². The number of aromatic nitrogens is 2. The average Bonchev–Trinajstić information content (AvgIpc) is 2.73. The highest BCUT2D eigenvalue weighted by Gasteiger charge is 2.15. The zero-order chi connectivity index (χ0) is 15.7. The van der Waals surface area contributed by atoms with Gasteiger partial charge < -0.3 is 10.1 Å². The number of benzene rings is 2. The van der Waals surface area contributed by atoms with Crippen molar-refractivity contribution >= 4 is 23.2 Å². The quantitative estimate of drug-likeness (QED) is 0.765. The lowest BCUT2D eigenvalue weighted by Crippen LogP contribution is -2.14. The largest absolute Gasteiger partial charge is 0.493 e. The summed E-state index contributed by atoms with van der Waals surface area (Å²) in [5.41, 5.74) is 1.39. The number of aromatic hydroxyl groups is 1.